The van der Waals surface area contributed by atoms with E-state index in [1.54, 1.807) is 6.92 Å². The van der Waals surface area contributed by atoms with Gasteiger partial charge in [0.15, 0.2) is 0 Å². The van der Waals surface area contributed by atoms with Crippen molar-refractivity contribution in [3.8, 4) is 5.75 Å². The van der Waals surface area contributed by atoms with Crippen molar-refractivity contribution in [1.82, 2.24) is 10.2 Å². The minimum absolute atomic E-state index is 0.0241. The van der Waals surface area contributed by atoms with Crippen LogP contribution in [0.15, 0.2) is 36.4 Å². The normalized spacial score (nSPS) is 14.0. The molecule has 28 heavy (non-hydrogen) atoms. The number of carbonyl (C=O) groups excluding carboxylic acids is 1. The van der Waals surface area contributed by atoms with Crippen LogP contribution in [-0.4, -0.2) is 30.0 Å². The van der Waals surface area contributed by atoms with Crippen molar-refractivity contribution >= 4 is 17.5 Å². The van der Waals surface area contributed by atoms with E-state index in [0.717, 1.165) is 48.8 Å². The van der Waals surface area contributed by atoms with Crippen molar-refractivity contribution in [2.45, 2.75) is 52.8 Å². The Balaban J connectivity index is 1.60. The van der Waals surface area contributed by atoms with Gasteiger partial charge < -0.3 is 10.1 Å². The number of rotatable bonds is 7. The topological polar surface area (TPSA) is 41.6 Å². The highest BCUT2D eigenvalue weighted by Gasteiger charge is 2.18. The van der Waals surface area contributed by atoms with E-state index in [9.17, 15) is 4.79 Å². The minimum Gasteiger partial charge on any atom is -0.491 e. The SMILES string of the molecule is CC(=O)NCCc1ccc2c(c1)CCN(Cc1ccc(OC(C)C)cc1Cl)C2. The maximum atomic E-state index is 11.0. The summed E-state index contributed by atoms with van der Waals surface area (Å²) in [5.74, 6) is 0.843. The molecule has 0 saturated heterocycles. The largest absolute Gasteiger partial charge is 0.491 e. The number of ether oxygens (including phenoxy) is 1. The predicted molar refractivity (Wildman–Crippen MR) is 114 cm³/mol. The molecule has 4 nitrogen and oxygen atoms in total. The van der Waals surface area contributed by atoms with E-state index in [1.165, 1.54) is 16.7 Å². The van der Waals surface area contributed by atoms with E-state index in [1.807, 2.05) is 26.0 Å². The average molecular weight is 401 g/mol. The summed E-state index contributed by atoms with van der Waals surface area (Å²) in [7, 11) is 0. The zero-order valence-corrected chi connectivity index (χ0v) is 17.7. The molecule has 0 saturated carbocycles. The average Bonchev–Trinajstić information content (AvgIpc) is 2.63. The fourth-order valence-corrected chi connectivity index (χ4v) is 3.81. The molecule has 3 rings (SSSR count). The van der Waals surface area contributed by atoms with Crippen LogP contribution in [0.2, 0.25) is 5.02 Å². The summed E-state index contributed by atoms with van der Waals surface area (Å²) in [5, 5.41) is 3.62. The van der Waals surface area contributed by atoms with Crippen molar-refractivity contribution < 1.29 is 9.53 Å². The highest BCUT2D eigenvalue weighted by atomic mass is 35.5. The second-order valence-corrected chi connectivity index (χ2v) is 8.12. The Morgan fingerprint density at radius 1 is 1.21 bits per heavy atom. The summed E-state index contributed by atoms with van der Waals surface area (Å²) in [6.45, 7) is 9.06. The number of carbonyl (C=O) groups is 1. The Kier molecular flexibility index (Phi) is 6.97. The third-order valence-electron chi connectivity index (χ3n) is 4.94. The molecule has 0 atom stereocenters. The highest BCUT2D eigenvalue weighted by Crippen LogP contribution is 2.27. The molecule has 1 heterocycles. The number of fused-ring (bicyclic) bond motifs is 1. The van der Waals surface area contributed by atoms with Crippen LogP contribution in [0, 0.1) is 0 Å². The van der Waals surface area contributed by atoms with E-state index >= 15 is 0 Å². The Bertz CT molecular complexity index is 835. The lowest BCUT2D eigenvalue weighted by molar-refractivity contribution is -0.118. The van der Waals surface area contributed by atoms with Gasteiger partial charge in [-0.15, -0.1) is 0 Å². The van der Waals surface area contributed by atoms with Crippen molar-refractivity contribution in [2.24, 2.45) is 0 Å². The second kappa shape index (κ2) is 9.44. The molecular formula is C23H29ClN2O2. The molecule has 0 fully saturated rings. The molecule has 1 amide bonds. The summed E-state index contributed by atoms with van der Waals surface area (Å²) < 4.78 is 5.72. The van der Waals surface area contributed by atoms with Crippen LogP contribution < -0.4 is 10.1 Å². The third kappa shape index (κ3) is 5.73. The van der Waals surface area contributed by atoms with Gasteiger partial charge in [0, 0.05) is 38.1 Å². The van der Waals surface area contributed by atoms with Crippen molar-refractivity contribution in [3.05, 3.63) is 63.7 Å². The van der Waals surface area contributed by atoms with Gasteiger partial charge in [-0.2, -0.15) is 0 Å². The van der Waals surface area contributed by atoms with Gasteiger partial charge in [0.05, 0.1) is 6.10 Å². The van der Waals surface area contributed by atoms with Crippen molar-refractivity contribution in [3.63, 3.8) is 0 Å². The lowest BCUT2D eigenvalue weighted by Crippen LogP contribution is -2.30. The summed E-state index contributed by atoms with van der Waals surface area (Å²) >= 11 is 6.49. The first-order chi connectivity index (χ1) is 13.4. The molecule has 150 valence electrons. The Hall–Kier alpha value is -2.04. The maximum Gasteiger partial charge on any atom is 0.216 e. The first kappa shape index (κ1) is 20.7. The van der Waals surface area contributed by atoms with E-state index in [-0.39, 0.29) is 12.0 Å². The predicted octanol–water partition coefficient (Wildman–Crippen LogP) is 4.36. The number of halogens is 1. The molecule has 2 aromatic rings. The first-order valence-electron chi connectivity index (χ1n) is 9.93. The van der Waals surface area contributed by atoms with E-state index in [0.29, 0.717) is 6.54 Å². The summed E-state index contributed by atoms with van der Waals surface area (Å²) in [4.78, 5) is 13.4. The lowest BCUT2D eigenvalue weighted by atomic mass is 9.96. The zero-order valence-electron chi connectivity index (χ0n) is 16.9. The lowest BCUT2D eigenvalue weighted by Gasteiger charge is -2.29. The zero-order chi connectivity index (χ0) is 20.1. The van der Waals surface area contributed by atoms with Crippen LogP contribution in [0.25, 0.3) is 0 Å². The van der Waals surface area contributed by atoms with E-state index < -0.39 is 0 Å². The van der Waals surface area contributed by atoms with E-state index in [2.05, 4.69) is 34.5 Å². The third-order valence-corrected chi connectivity index (χ3v) is 5.29. The van der Waals surface area contributed by atoms with Gasteiger partial charge in [-0.1, -0.05) is 35.9 Å². The van der Waals surface area contributed by atoms with Crippen LogP contribution in [0.4, 0.5) is 0 Å². The molecule has 1 aliphatic heterocycles. The molecule has 0 radical (unpaired) electrons. The van der Waals surface area contributed by atoms with E-state index in [4.69, 9.17) is 16.3 Å². The molecule has 5 heteroatoms. The molecule has 0 aliphatic carbocycles. The number of nitrogens with one attached hydrogen (secondary N) is 1. The number of benzene rings is 2. The number of hydrogen-bond donors (Lipinski definition) is 1. The van der Waals surface area contributed by atoms with Crippen LogP contribution in [0.3, 0.4) is 0 Å². The molecule has 2 aromatic carbocycles. The van der Waals surface area contributed by atoms with Crippen molar-refractivity contribution in [1.29, 1.82) is 0 Å². The Morgan fingerprint density at radius 3 is 2.75 bits per heavy atom. The quantitative estimate of drug-likeness (QED) is 0.750. The molecule has 1 aliphatic rings. The van der Waals surface area contributed by atoms with Crippen LogP contribution in [-0.2, 0) is 30.7 Å². The summed E-state index contributed by atoms with van der Waals surface area (Å²) in [6, 6.07) is 12.7. The number of hydrogen-bond acceptors (Lipinski definition) is 3. The molecule has 1 N–H and O–H groups in total. The maximum absolute atomic E-state index is 11.0. The van der Waals surface area contributed by atoms with Gasteiger partial charge in [-0.25, -0.2) is 0 Å². The summed E-state index contributed by atoms with van der Waals surface area (Å²) in [5.41, 5.74) is 5.21. The highest BCUT2D eigenvalue weighted by molar-refractivity contribution is 6.31. The van der Waals surface area contributed by atoms with Gasteiger partial charge in [-0.3, -0.25) is 9.69 Å². The monoisotopic (exact) mass is 400 g/mol. The van der Waals surface area contributed by atoms with Gasteiger partial charge in [0.1, 0.15) is 5.75 Å². The Morgan fingerprint density at radius 2 is 2.04 bits per heavy atom. The van der Waals surface area contributed by atoms with Gasteiger partial charge >= 0.3 is 0 Å². The van der Waals surface area contributed by atoms with Crippen LogP contribution in [0.1, 0.15) is 43.0 Å². The first-order valence-corrected chi connectivity index (χ1v) is 10.3. The fourth-order valence-electron chi connectivity index (χ4n) is 3.58. The van der Waals surface area contributed by atoms with Crippen LogP contribution >= 0.6 is 11.6 Å². The van der Waals surface area contributed by atoms with Gasteiger partial charge in [0.2, 0.25) is 5.91 Å². The van der Waals surface area contributed by atoms with Gasteiger partial charge in [0.25, 0.3) is 0 Å². The minimum atomic E-state index is 0.0241. The van der Waals surface area contributed by atoms with Gasteiger partial charge in [-0.05, 0) is 61.1 Å². The second-order valence-electron chi connectivity index (χ2n) is 7.72. The molecule has 0 aromatic heterocycles. The summed E-state index contributed by atoms with van der Waals surface area (Å²) in [6.07, 6.45) is 2.05. The molecule has 0 spiro atoms. The fraction of sp³-hybridized carbons (Fsp3) is 0.435. The van der Waals surface area contributed by atoms with Crippen LogP contribution in [0.5, 0.6) is 5.75 Å². The number of nitrogens with zero attached hydrogens (tertiary/aromatic N) is 1. The molecular weight excluding hydrogens is 372 g/mol. The van der Waals surface area contributed by atoms with Crippen molar-refractivity contribution in [2.75, 3.05) is 13.1 Å². The number of amides is 1. The molecule has 0 unspecified atom stereocenters. The standard InChI is InChI=1S/C23H29ClN2O2/c1-16(2)28-22-7-6-21(23(24)13-22)15-26-11-9-19-12-18(4-5-20(19)14-26)8-10-25-17(3)27/h4-7,12-13,16H,8-11,14-15H2,1-3H3,(H,25,27). The molecule has 0 bridgehead atoms. The Labute approximate surface area is 172 Å². The smallest absolute Gasteiger partial charge is 0.216 e.